The molecular formula is C17H20O3. The minimum absolute atomic E-state index is 0.0217. The zero-order valence-corrected chi connectivity index (χ0v) is 12.0. The van der Waals surface area contributed by atoms with Gasteiger partial charge in [-0.05, 0) is 38.3 Å². The van der Waals surface area contributed by atoms with Crippen LogP contribution in [0.4, 0.5) is 0 Å². The minimum Gasteiger partial charge on any atom is -0.490 e. The van der Waals surface area contributed by atoms with Crippen molar-refractivity contribution in [2.24, 2.45) is 0 Å². The second kappa shape index (κ2) is 6.94. The van der Waals surface area contributed by atoms with Crippen molar-refractivity contribution in [2.45, 2.75) is 32.8 Å². The van der Waals surface area contributed by atoms with Crippen LogP contribution in [0.25, 0.3) is 6.08 Å². The van der Waals surface area contributed by atoms with E-state index in [1.165, 1.54) is 0 Å². The molecule has 1 atom stereocenters. The summed E-state index contributed by atoms with van der Waals surface area (Å²) in [6, 6.07) is 10.1. The maximum Gasteiger partial charge on any atom is 0.337 e. The van der Waals surface area contributed by atoms with Crippen molar-refractivity contribution in [3.8, 4) is 0 Å². The quantitative estimate of drug-likeness (QED) is 0.784. The standard InChI is InChI=1S/C17H20O3/c1-3-19-17(18)16-12-11-15(20-13(16)2)10-9-14-7-5-4-6-8-14/h4-10,15H,3,11-12H2,1-2H3/b10-9+. The van der Waals surface area contributed by atoms with Gasteiger partial charge >= 0.3 is 5.97 Å². The zero-order valence-electron chi connectivity index (χ0n) is 12.0. The van der Waals surface area contributed by atoms with Gasteiger partial charge in [0.15, 0.2) is 0 Å². The summed E-state index contributed by atoms with van der Waals surface area (Å²) in [6.45, 7) is 4.03. The molecule has 1 heterocycles. The van der Waals surface area contributed by atoms with Crippen LogP contribution in [0.2, 0.25) is 0 Å². The van der Waals surface area contributed by atoms with E-state index in [9.17, 15) is 4.79 Å². The average Bonchev–Trinajstić information content (AvgIpc) is 2.46. The van der Waals surface area contributed by atoms with Gasteiger partial charge in [-0.25, -0.2) is 4.79 Å². The Morgan fingerprint density at radius 2 is 2.15 bits per heavy atom. The maximum absolute atomic E-state index is 11.7. The number of carbonyl (C=O) groups excluding carboxylic acids is 1. The first kappa shape index (κ1) is 14.4. The second-order valence-corrected chi connectivity index (χ2v) is 4.72. The predicted octanol–water partition coefficient (Wildman–Crippen LogP) is 3.72. The Hall–Kier alpha value is -2.03. The molecule has 0 N–H and O–H groups in total. The fraction of sp³-hybridized carbons (Fsp3) is 0.353. The summed E-state index contributed by atoms with van der Waals surface area (Å²) < 4.78 is 10.8. The van der Waals surface area contributed by atoms with Crippen LogP contribution in [-0.4, -0.2) is 18.7 Å². The van der Waals surface area contributed by atoms with E-state index in [1.54, 1.807) is 0 Å². The molecule has 0 amide bonds. The number of carbonyl (C=O) groups is 1. The highest BCUT2D eigenvalue weighted by atomic mass is 16.5. The summed E-state index contributed by atoms with van der Waals surface area (Å²) in [5.74, 6) is 0.424. The molecule has 0 aliphatic carbocycles. The monoisotopic (exact) mass is 272 g/mol. The third-order valence-corrected chi connectivity index (χ3v) is 3.26. The maximum atomic E-state index is 11.7. The Morgan fingerprint density at radius 3 is 2.80 bits per heavy atom. The largest absolute Gasteiger partial charge is 0.490 e. The SMILES string of the molecule is CCOC(=O)C1=C(C)OC(/C=C/c2ccccc2)CC1. The lowest BCUT2D eigenvalue weighted by Crippen LogP contribution is -2.20. The average molecular weight is 272 g/mol. The molecule has 3 nitrogen and oxygen atoms in total. The van der Waals surface area contributed by atoms with Gasteiger partial charge in [-0.1, -0.05) is 36.4 Å². The van der Waals surface area contributed by atoms with Gasteiger partial charge in [0.1, 0.15) is 11.9 Å². The molecule has 0 fully saturated rings. The number of benzene rings is 1. The molecule has 1 aliphatic heterocycles. The Balaban J connectivity index is 1.99. The van der Waals surface area contributed by atoms with Crippen molar-refractivity contribution in [1.82, 2.24) is 0 Å². The van der Waals surface area contributed by atoms with E-state index < -0.39 is 0 Å². The van der Waals surface area contributed by atoms with Crippen LogP contribution in [0.15, 0.2) is 47.7 Å². The number of esters is 1. The Labute approximate surface area is 119 Å². The third-order valence-electron chi connectivity index (χ3n) is 3.26. The van der Waals surface area contributed by atoms with Crippen molar-refractivity contribution in [1.29, 1.82) is 0 Å². The normalized spacial score (nSPS) is 19.0. The van der Waals surface area contributed by atoms with Gasteiger partial charge < -0.3 is 9.47 Å². The van der Waals surface area contributed by atoms with Gasteiger partial charge in [0, 0.05) is 0 Å². The topological polar surface area (TPSA) is 35.5 Å². The van der Waals surface area contributed by atoms with Crippen molar-refractivity contribution in [3.63, 3.8) is 0 Å². The number of hydrogen-bond donors (Lipinski definition) is 0. The highest BCUT2D eigenvalue weighted by molar-refractivity contribution is 5.89. The molecule has 0 bridgehead atoms. The van der Waals surface area contributed by atoms with Gasteiger partial charge in [-0.2, -0.15) is 0 Å². The van der Waals surface area contributed by atoms with Crippen LogP contribution in [0.5, 0.6) is 0 Å². The van der Waals surface area contributed by atoms with E-state index >= 15 is 0 Å². The van der Waals surface area contributed by atoms with Crippen molar-refractivity contribution >= 4 is 12.0 Å². The lowest BCUT2D eigenvalue weighted by atomic mass is 10.0. The van der Waals surface area contributed by atoms with Gasteiger partial charge in [0.25, 0.3) is 0 Å². The van der Waals surface area contributed by atoms with Crippen LogP contribution in [0.3, 0.4) is 0 Å². The van der Waals surface area contributed by atoms with Crippen molar-refractivity contribution in [2.75, 3.05) is 6.61 Å². The summed E-state index contributed by atoms with van der Waals surface area (Å²) in [4.78, 5) is 11.7. The van der Waals surface area contributed by atoms with Crippen molar-refractivity contribution < 1.29 is 14.3 Å². The highest BCUT2D eigenvalue weighted by Gasteiger charge is 2.23. The minimum atomic E-state index is -0.254. The van der Waals surface area contributed by atoms with E-state index in [0.717, 1.165) is 12.0 Å². The molecule has 0 spiro atoms. The highest BCUT2D eigenvalue weighted by Crippen LogP contribution is 2.25. The van der Waals surface area contributed by atoms with E-state index in [2.05, 4.69) is 0 Å². The van der Waals surface area contributed by atoms with Crippen LogP contribution in [0, 0.1) is 0 Å². The second-order valence-electron chi connectivity index (χ2n) is 4.72. The first-order chi connectivity index (χ1) is 9.70. The number of hydrogen-bond acceptors (Lipinski definition) is 3. The lowest BCUT2D eigenvalue weighted by Gasteiger charge is -2.24. The fourth-order valence-electron chi connectivity index (χ4n) is 2.20. The molecule has 0 aromatic heterocycles. The predicted molar refractivity (Wildman–Crippen MR) is 78.9 cm³/mol. The van der Waals surface area contributed by atoms with Crippen LogP contribution in [-0.2, 0) is 14.3 Å². The van der Waals surface area contributed by atoms with Gasteiger partial charge in [0.2, 0.25) is 0 Å². The van der Waals surface area contributed by atoms with E-state index in [-0.39, 0.29) is 12.1 Å². The number of allylic oxidation sites excluding steroid dienone is 1. The summed E-state index contributed by atoms with van der Waals surface area (Å²) in [5, 5.41) is 0. The smallest absolute Gasteiger partial charge is 0.337 e. The van der Waals surface area contributed by atoms with Crippen LogP contribution in [0.1, 0.15) is 32.3 Å². The Kier molecular flexibility index (Phi) is 4.99. The number of rotatable bonds is 4. The molecule has 0 saturated carbocycles. The molecule has 20 heavy (non-hydrogen) atoms. The van der Waals surface area contributed by atoms with Gasteiger partial charge in [-0.15, -0.1) is 0 Å². The molecular weight excluding hydrogens is 252 g/mol. The lowest BCUT2D eigenvalue weighted by molar-refractivity contribution is -0.139. The van der Waals surface area contributed by atoms with E-state index in [0.29, 0.717) is 24.4 Å². The van der Waals surface area contributed by atoms with Crippen LogP contribution < -0.4 is 0 Å². The molecule has 1 aliphatic rings. The summed E-state index contributed by atoms with van der Waals surface area (Å²) in [7, 11) is 0. The summed E-state index contributed by atoms with van der Waals surface area (Å²) in [5.41, 5.74) is 1.81. The zero-order chi connectivity index (χ0) is 14.4. The molecule has 1 unspecified atom stereocenters. The Bertz CT molecular complexity index is 514. The van der Waals surface area contributed by atoms with Gasteiger partial charge in [-0.3, -0.25) is 0 Å². The molecule has 3 heteroatoms. The van der Waals surface area contributed by atoms with Crippen LogP contribution >= 0.6 is 0 Å². The van der Waals surface area contributed by atoms with E-state index in [1.807, 2.05) is 56.3 Å². The Morgan fingerprint density at radius 1 is 1.40 bits per heavy atom. The molecule has 0 saturated heterocycles. The number of ether oxygens (including phenoxy) is 2. The first-order valence-electron chi connectivity index (χ1n) is 6.97. The first-order valence-corrected chi connectivity index (χ1v) is 6.97. The van der Waals surface area contributed by atoms with Crippen molar-refractivity contribution in [3.05, 3.63) is 53.3 Å². The fourth-order valence-corrected chi connectivity index (χ4v) is 2.20. The molecule has 1 aromatic carbocycles. The molecule has 106 valence electrons. The van der Waals surface area contributed by atoms with E-state index in [4.69, 9.17) is 9.47 Å². The molecule has 0 radical (unpaired) electrons. The summed E-state index contributed by atoms with van der Waals surface area (Å²) >= 11 is 0. The van der Waals surface area contributed by atoms with Gasteiger partial charge in [0.05, 0.1) is 12.2 Å². The molecule has 2 rings (SSSR count). The molecule has 1 aromatic rings. The summed E-state index contributed by atoms with van der Waals surface area (Å²) in [6.07, 6.45) is 5.62. The third kappa shape index (κ3) is 3.73.